The number of halogens is 1. The molecule has 0 radical (unpaired) electrons. The monoisotopic (exact) mass is 311 g/mol. The second-order valence-electron chi connectivity index (χ2n) is 5.25. The van der Waals surface area contributed by atoms with Gasteiger partial charge < -0.3 is 10.0 Å². The van der Waals surface area contributed by atoms with Crippen LogP contribution in [0.3, 0.4) is 0 Å². The lowest BCUT2D eigenvalue weighted by atomic mass is 9.86. The third-order valence-electron chi connectivity index (χ3n) is 3.72. The summed E-state index contributed by atoms with van der Waals surface area (Å²) in [4.78, 5) is 14.3. The number of piperidine rings is 1. The van der Waals surface area contributed by atoms with Gasteiger partial charge in [-0.25, -0.2) is 0 Å². The fraction of sp³-hybridized carbons (Fsp3) is 0.500. The first-order valence-corrected chi connectivity index (χ1v) is 6.98. The van der Waals surface area contributed by atoms with E-state index in [0.717, 1.165) is 17.3 Å². The highest BCUT2D eigenvalue weighted by atomic mass is 79.9. The highest BCUT2D eigenvalue weighted by Crippen LogP contribution is 2.30. The lowest BCUT2D eigenvalue weighted by Gasteiger charge is -2.46. The fourth-order valence-electron chi connectivity index (χ4n) is 2.41. The summed E-state index contributed by atoms with van der Waals surface area (Å²) in [6, 6.07) is 7.41. The molecule has 0 spiro atoms. The summed E-state index contributed by atoms with van der Waals surface area (Å²) in [6.07, 6.45) is 1.14. The van der Waals surface area contributed by atoms with E-state index in [-0.39, 0.29) is 5.91 Å². The molecular weight excluding hydrogens is 294 g/mol. The van der Waals surface area contributed by atoms with Crippen molar-refractivity contribution < 1.29 is 9.90 Å². The van der Waals surface area contributed by atoms with Gasteiger partial charge >= 0.3 is 0 Å². The number of hydrogen-bond donors (Lipinski definition) is 1. The van der Waals surface area contributed by atoms with Crippen LogP contribution < -0.4 is 0 Å². The van der Waals surface area contributed by atoms with E-state index in [4.69, 9.17) is 0 Å². The Bertz CT molecular complexity index is 459. The first kappa shape index (κ1) is 13.6. The van der Waals surface area contributed by atoms with Gasteiger partial charge in [0.2, 0.25) is 0 Å². The topological polar surface area (TPSA) is 40.5 Å². The molecule has 18 heavy (non-hydrogen) atoms. The van der Waals surface area contributed by atoms with Gasteiger partial charge in [-0.1, -0.05) is 12.1 Å². The average Bonchev–Trinajstić information content (AvgIpc) is 2.32. The van der Waals surface area contributed by atoms with Gasteiger partial charge in [-0.2, -0.15) is 0 Å². The summed E-state index contributed by atoms with van der Waals surface area (Å²) >= 11 is 3.41. The number of carbonyl (C=O) groups is 1. The summed E-state index contributed by atoms with van der Waals surface area (Å²) in [5.41, 5.74) is 0.143. The summed E-state index contributed by atoms with van der Waals surface area (Å²) in [6.45, 7) is 4.54. The average molecular weight is 312 g/mol. The summed E-state index contributed by atoms with van der Waals surface area (Å²) in [5, 5.41) is 10.1. The summed E-state index contributed by atoms with van der Waals surface area (Å²) in [7, 11) is 0. The number of likely N-dealkylation sites (tertiary alicyclic amines) is 1. The molecule has 1 aromatic carbocycles. The molecule has 1 saturated heterocycles. The second-order valence-corrected chi connectivity index (χ2v) is 6.10. The van der Waals surface area contributed by atoms with Crippen molar-refractivity contribution in [2.75, 3.05) is 6.54 Å². The predicted octanol–water partition coefficient (Wildman–Crippen LogP) is 2.82. The minimum atomic E-state index is -0.509. The SMILES string of the molecule is CC1(C)C(O)CCCN1C(=O)c1ccccc1Br. The minimum absolute atomic E-state index is 0.0220. The molecule has 4 heteroatoms. The van der Waals surface area contributed by atoms with Crippen molar-refractivity contribution in [2.45, 2.75) is 38.3 Å². The number of nitrogens with zero attached hydrogens (tertiary/aromatic N) is 1. The normalized spacial score (nSPS) is 22.9. The molecule has 1 atom stereocenters. The van der Waals surface area contributed by atoms with E-state index in [0.29, 0.717) is 12.1 Å². The van der Waals surface area contributed by atoms with Crippen LogP contribution in [0.2, 0.25) is 0 Å². The third-order valence-corrected chi connectivity index (χ3v) is 4.41. The fourth-order valence-corrected chi connectivity index (χ4v) is 2.86. The van der Waals surface area contributed by atoms with Crippen molar-refractivity contribution in [3.05, 3.63) is 34.3 Å². The van der Waals surface area contributed by atoms with Gasteiger partial charge in [0, 0.05) is 11.0 Å². The van der Waals surface area contributed by atoms with Crippen LogP contribution in [-0.4, -0.2) is 34.1 Å². The van der Waals surface area contributed by atoms with Crippen LogP contribution in [0.5, 0.6) is 0 Å². The van der Waals surface area contributed by atoms with Crippen LogP contribution in [0.25, 0.3) is 0 Å². The molecule has 1 unspecified atom stereocenters. The zero-order valence-corrected chi connectivity index (χ0v) is 12.3. The van der Waals surface area contributed by atoms with Gasteiger partial charge in [-0.3, -0.25) is 4.79 Å². The Morgan fingerprint density at radius 3 is 2.78 bits per heavy atom. The second kappa shape index (κ2) is 5.02. The van der Waals surface area contributed by atoms with Gasteiger partial charge in [0.15, 0.2) is 0 Å². The lowest BCUT2D eigenvalue weighted by Crippen LogP contribution is -2.58. The van der Waals surface area contributed by atoms with Crippen LogP contribution in [-0.2, 0) is 0 Å². The summed E-state index contributed by atoms with van der Waals surface area (Å²) < 4.78 is 0.797. The van der Waals surface area contributed by atoms with Crippen molar-refractivity contribution in [3.8, 4) is 0 Å². The van der Waals surface area contributed by atoms with Crippen molar-refractivity contribution in [2.24, 2.45) is 0 Å². The maximum absolute atomic E-state index is 12.6. The van der Waals surface area contributed by atoms with E-state index in [1.165, 1.54) is 0 Å². The molecule has 1 amide bonds. The highest BCUT2D eigenvalue weighted by Gasteiger charge is 2.40. The molecule has 0 aliphatic carbocycles. The van der Waals surface area contributed by atoms with E-state index in [1.807, 2.05) is 38.1 Å². The Morgan fingerprint density at radius 2 is 2.11 bits per heavy atom. The van der Waals surface area contributed by atoms with E-state index < -0.39 is 11.6 Å². The Kier molecular flexibility index (Phi) is 3.78. The van der Waals surface area contributed by atoms with E-state index in [2.05, 4.69) is 15.9 Å². The van der Waals surface area contributed by atoms with Crippen LogP contribution in [0.15, 0.2) is 28.7 Å². The molecule has 3 nitrogen and oxygen atoms in total. The Balaban J connectivity index is 2.31. The van der Waals surface area contributed by atoms with Gasteiger partial charge in [-0.05, 0) is 54.8 Å². The van der Waals surface area contributed by atoms with Gasteiger partial charge in [0.25, 0.3) is 5.91 Å². The van der Waals surface area contributed by atoms with Crippen LogP contribution >= 0.6 is 15.9 Å². The molecule has 1 heterocycles. The largest absolute Gasteiger partial charge is 0.391 e. The first-order valence-electron chi connectivity index (χ1n) is 6.19. The van der Waals surface area contributed by atoms with E-state index in [1.54, 1.807) is 4.90 Å². The zero-order valence-electron chi connectivity index (χ0n) is 10.7. The van der Waals surface area contributed by atoms with Gasteiger partial charge in [0.1, 0.15) is 0 Å². The molecule has 2 rings (SSSR count). The predicted molar refractivity (Wildman–Crippen MR) is 74.5 cm³/mol. The maximum Gasteiger partial charge on any atom is 0.255 e. The molecule has 1 aromatic rings. The van der Waals surface area contributed by atoms with E-state index >= 15 is 0 Å². The lowest BCUT2D eigenvalue weighted by molar-refractivity contribution is -0.0307. The molecule has 0 saturated carbocycles. The molecular formula is C14H18BrNO2. The number of amides is 1. The number of hydrogen-bond acceptors (Lipinski definition) is 2. The number of aliphatic hydroxyl groups excluding tert-OH is 1. The number of benzene rings is 1. The minimum Gasteiger partial charge on any atom is -0.391 e. The Morgan fingerprint density at radius 1 is 1.44 bits per heavy atom. The molecule has 1 fully saturated rings. The van der Waals surface area contributed by atoms with Crippen molar-refractivity contribution in [1.82, 2.24) is 4.90 Å². The molecule has 1 aliphatic rings. The number of aliphatic hydroxyl groups is 1. The summed E-state index contributed by atoms with van der Waals surface area (Å²) in [5.74, 6) is -0.0220. The van der Waals surface area contributed by atoms with Gasteiger partial charge in [0.05, 0.1) is 17.2 Å². The number of carbonyl (C=O) groups excluding carboxylic acids is 1. The maximum atomic E-state index is 12.6. The first-order chi connectivity index (χ1) is 8.44. The molecule has 98 valence electrons. The molecule has 1 aliphatic heterocycles. The van der Waals surface area contributed by atoms with Crippen molar-refractivity contribution in [3.63, 3.8) is 0 Å². The smallest absolute Gasteiger partial charge is 0.255 e. The van der Waals surface area contributed by atoms with Crippen LogP contribution in [0.1, 0.15) is 37.0 Å². The Labute approximate surface area is 116 Å². The zero-order chi connectivity index (χ0) is 13.3. The van der Waals surface area contributed by atoms with E-state index in [9.17, 15) is 9.90 Å². The molecule has 1 N–H and O–H groups in total. The number of rotatable bonds is 1. The van der Waals surface area contributed by atoms with Crippen LogP contribution in [0.4, 0.5) is 0 Å². The third kappa shape index (κ3) is 2.31. The highest BCUT2D eigenvalue weighted by molar-refractivity contribution is 9.10. The molecule has 0 bridgehead atoms. The van der Waals surface area contributed by atoms with Crippen molar-refractivity contribution in [1.29, 1.82) is 0 Å². The standard InChI is InChI=1S/C14H18BrNO2/c1-14(2)12(17)8-5-9-16(14)13(18)10-6-3-4-7-11(10)15/h3-4,6-7,12,17H,5,8-9H2,1-2H3. The van der Waals surface area contributed by atoms with Crippen LogP contribution in [0, 0.1) is 0 Å². The van der Waals surface area contributed by atoms with Gasteiger partial charge in [-0.15, -0.1) is 0 Å². The Hall–Kier alpha value is -0.870. The van der Waals surface area contributed by atoms with Crippen molar-refractivity contribution >= 4 is 21.8 Å². The quantitative estimate of drug-likeness (QED) is 0.866. The molecule has 0 aromatic heterocycles.